The molecular weight excluding hydrogens is 334 g/mol. The van der Waals surface area contributed by atoms with Crippen molar-refractivity contribution < 1.29 is 9.59 Å². The molecule has 26 heavy (non-hydrogen) atoms. The van der Waals surface area contributed by atoms with E-state index in [0.717, 1.165) is 24.8 Å². The number of carbonyl (C=O) groups is 2. The van der Waals surface area contributed by atoms with Crippen LogP contribution in [0.2, 0.25) is 0 Å². The molecule has 2 aromatic heterocycles. The number of hydrogen-bond donors (Lipinski definition) is 4. The van der Waals surface area contributed by atoms with Gasteiger partial charge in [0, 0.05) is 30.9 Å². The summed E-state index contributed by atoms with van der Waals surface area (Å²) in [7, 11) is 0. The van der Waals surface area contributed by atoms with Crippen LogP contribution in [-0.4, -0.2) is 45.9 Å². The van der Waals surface area contributed by atoms with Gasteiger partial charge in [-0.25, -0.2) is 9.99 Å². The molecule has 1 fully saturated rings. The van der Waals surface area contributed by atoms with Gasteiger partial charge in [0.15, 0.2) is 0 Å². The number of primary amides is 1. The Morgan fingerprint density at radius 1 is 1.54 bits per heavy atom. The van der Waals surface area contributed by atoms with Crippen LogP contribution in [0.15, 0.2) is 18.5 Å². The molecule has 0 spiro atoms. The minimum absolute atomic E-state index is 0.137. The molecule has 3 rings (SSSR count). The van der Waals surface area contributed by atoms with Crippen LogP contribution in [-0.2, 0) is 4.79 Å². The lowest BCUT2D eigenvalue weighted by atomic mass is 9.98. The Morgan fingerprint density at radius 3 is 3.08 bits per heavy atom. The molecule has 136 valence electrons. The number of anilines is 1. The number of H-pyrrole nitrogens is 1. The van der Waals surface area contributed by atoms with Crippen LogP contribution in [0.3, 0.4) is 0 Å². The third-order valence-electron chi connectivity index (χ3n) is 4.47. The number of nitriles is 1. The van der Waals surface area contributed by atoms with E-state index in [0.29, 0.717) is 23.4 Å². The van der Waals surface area contributed by atoms with Crippen LogP contribution < -0.4 is 16.5 Å². The Hall–Kier alpha value is -3.12. The van der Waals surface area contributed by atoms with E-state index >= 15 is 0 Å². The first-order chi connectivity index (χ1) is 12.5. The van der Waals surface area contributed by atoms with Gasteiger partial charge in [0.25, 0.3) is 5.91 Å². The molecule has 1 saturated heterocycles. The number of amides is 2. The molecule has 2 aromatic rings. The van der Waals surface area contributed by atoms with Crippen molar-refractivity contribution in [3.8, 4) is 6.07 Å². The summed E-state index contributed by atoms with van der Waals surface area (Å²) in [5, 5.41) is 14.2. The summed E-state index contributed by atoms with van der Waals surface area (Å²) in [6.07, 6.45) is 4.75. The minimum Gasteiger partial charge on any atom is -0.365 e. The number of rotatable bonds is 5. The zero-order valence-corrected chi connectivity index (χ0v) is 14.5. The zero-order chi connectivity index (χ0) is 18.7. The van der Waals surface area contributed by atoms with E-state index in [2.05, 4.69) is 20.7 Å². The van der Waals surface area contributed by atoms with E-state index < -0.39 is 11.9 Å². The number of nitrogens with two attached hydrogens (primary N) is 1. The maximum Gasteiger partial charge on any atom is 0.252 e. The number of aromatic nitrogens is 2. The standard InChI is InChI=1S/C17H21N7O2/c1-10(7-18)22-17(26)11-3-2-6-24(9-11)23-14-12-4-5-20-16(12)21-8-13(14)15(19)25/h4-5,8,10-11H,2-3,6,9H2,1H3,(H2,19,25)(H,22,26)(H2,20,21,23). The van der Waals surface area contributed by atoms with Gasteiger partial charge >= 0.3 is 0 Å². The van der Waals surface area contributed by atoms with Crippen molar-refractivity contribution in [2.45, 2.75) is 25.8 Å². The van der Waals surface area contributed by atoms with Gasteiger partial charge in [0.1, 0.15) is 11.7 Å². The van der Waals surface area contributed by atoms with E-state index in [1.165, 1.54) is 6.20 Å². The number of aromatic amines is 1. The molecule has 0 aliphatic carbocycles. The lowest BCUT2D eigenvalue weighted by Crippen LogP contribution is -2.47. The number of pyridine rings is 1. The Morgan fingerprint density at radius 2 is 2.35 bits per heavy atom. The van der Waals surface area contributed by atoms with Gasteiger partial charge in [-0.05, 0) is 25.8 Å². The van der Waals surface area contributed by atoms with E-state index in [1.54, 1.807) is 13.1 Å². The molecule has 9 nitrogen and oxygen atoms in total. The summed E-state index contributed by atoms with van der Waals surface area (Å²) in [5.41, 5.74) is 10.2. The fourth-order valence-corrected chi connectivity index (χ4v) is 3.13. The third-order valence-corrected chi connectivity index (χ3v) is 4.47. The van der Waals surface area contributed by atoms with Gasteiger partial charge in [-0.15, -0.1) is 0 Å². The van der Waals surface area contributed by atoms with Gasteiger partial charge in [-0.1, -0.05) is 0 Å². The topological polar surface area (TPSA) is 140 Å². The molecular formula is C17H21N7O2. The van der Waals surface area contributed by atoms with Crippen LogP contribution in [0.1, 0.15) is 30.1 Å². The first-order valence-electron chi connectivity index (χ1n) is 8.47. The molecule has 0 bridgehead atoms. The summed E-state index contributed by atoms with van der Waals surface area (Å²) in [6.45, 7) is 2.84. The summed E-state index contributed by atoms with van der Waals surface area (Å²) in [6, 6.07) is 3.30. The highest BCUT2D eigenvalue weighted by atomic mass is 16.2. The van der Waals surface area contributed by atoms with Crippen LogP contribution in [0.25, 0.3) is 11.0 Å². The largest absolute Gasteiger partial charge is 0.365 e. The number of hydrogen-bond acceptors (Lipinski definition) is 6. The zero-order valence-electron chi connectivity index (χ0n) is 14.5. The van der Waals surface area contributed by atoms with Crippen molar-refractivity contribution in [2.24, 2.45) is 11.7 Å². The van der Waals surface area contributed by atoms with Crippen molar-refractivity contribution >= 4 is 28.5 Å². The molecule has 1 aliphatic heterocycles. The van der Waals surface area contributed by atoms with E-state index in [9.17, 15) is 9.59 Å². The van der Waals surface area contributed by atoms with Gasteiger partial charge in [0.05, 0.1) is 23.2 Å². The molecule has 2 unspecified atom stereocenters. The molecule has 1 aliphatic rings. The number of carbonyl (C=O) groups excluding carboxylic acids is 2. The summed E-state index contributed by atoms with van der Waals surface area (Å²) < 4.78 is 0. The predicted molar refractivity (Wildman–Crippen MR) is 95.7 cm³/mol. The van der Waals surface area contributed by atoms with Crippen LogP contribution in [0.5, 0.6) is 0 Å². The lowest BCUT2D eigenvalue weighted by molar-refractivity contribution is -0.126. The maximum atomic E-state index is 12.3. The smallest absolute Gasteiger partial charge is 0.252 e. The van der Waals surface area contributed by atoms with Crippen molar-refractivity contribution in [3.05, 3.63) is 24.0 Å². The average Bonchev–Trinajstić information content (AvgIpc) is 3.11. The lowest BCUT2D eigenvalue weighted by Gasteiger charge is -2.33. The minimum atomic E-state index is -0.572. The summed E-state index contributed by atoms with van der Waals surface area (Å²) >= 11 is 0. The highest BCUT2D eigenvalue weighted by molar-refractivity contribution is 6.05. The number of nitrogens with zero attached hydrogens (tertiary/aromatic N) is 3. The second-order valence-corrected chi connectivity index (χ2v) is 6.41. The van der Waals surface area contributed by atoms with Crippen molar-refractivity contribution in [2.75, 3.05) is 18.5 Å². The Bertz CT molecular complexity index is 870. The summed E-state index contributed by atoms with van der Waals surface area (Å²) in [5.74, 6) is -0.938. The summed E-state index contributed by atoms with van der Waals surface area (Å²) in [4.78, 5) is 31.3. The van der Waals surface area contributed by atoms with Crippen molar-refractivity contribution in [3.63, 3.8) is 0 Å². The van der Waals surface area contributed by atoms with Gasteiger partial charge < -0.3 is 21.5 Å². The first kappa shape index (κ1) is 17.7. The predicted octanol–water partition coefficient (Wildman–Crippen LogP) is 0.729. The Balaban J connectivity index is 1.79. The Labute approximate surface area is 150 Å². The number of fused-ring (bicyclic) bond motifs is 1. The van der Waals surface area contributed by atoms with Crippen molar-refractivity contribution in [1.29, 1.82) is 5.26 Å². The van der Waals surface area contributed by atoms with Crippen molar-refractivity contribution in [1.82, 2.24) is 20.3 Å². The van der Waals surface area contributed by atoms with E-state index in [-0.39, 0.29) is 11.8 Å². The average molecular weight is 355 g/mol. The molecule has 0 saturated carbocycles. The Kier molecular flexibility index (Phi) is 5.04. The molecule has 0 aromatic carbocycles. The maximum absolute atomic E-state index is 12.3. The molecule has 2 amide bonds. The second-order valence-electron chi connectivity index (χ2n) is 6.41. The molecule has 5 N–H and O–H groups in total. The monoisotopic (exact) mass is 355 g/mol. The quantitative estimate of drug-likeness (QED) is 0.623. The van der Waals surface area contributed by atoms with Crippen LogP contribution in [0.4, 0.5) is 5.69 Å². The second kappa shape index (κ2) is 7.41. The third kappa shape index (κ3) is 3.60. The van der Waals surface area contributed by atoms with Gasteiger partial charge in [-0.3, -0.25) is 9.59 Å². The van der Waals surface area contributed by atoms with Gasteiger partial charge in [0.2, 0.25) is 5.91 Å². The van der Waals surface area contributed by atoms with Gasteiger partial charge in [-0.2, -0.15) is 5.26 Å². The SMILES string of the molecule is CC(C#N)NC(=O)C1CCCN(Nc2c(C(N)=O)cnc3[nH]ccc23)C1. The molecule has 0 radical (unpaired) electrons. The normalized spacial score (nSPS) is 18.8. The fourth-order valence-electron chi connectivity index (χ4n) is 3.13. The highest BCUT2D eigenvalue weighted by Crippen LogP contribution is 2.27. The van der Waals surface area contributed by atoms with E-state index in [4.69, 9.17) is 11.0 Å². The molecule has 3 heterocycles. The molecule has 9 heteroatoms. The first-order valence-corrected chi connectivity index (χ1v) is 8.47. The number of hydrazine groups is 1. The van der Waals surface area contributed by atoms with Crippen LogP contribution in [0, 0.1) is 17.2 Å². The number of piperidine rings is 1. The van der Waals surface area contributed by atoms with Crippen LogP contribution >= 0.6 is 0 Å². The number of nitrogens with one attached hydrogen (secondary N) is 3. The molecule has 2 atom stereocenters. The highest BCUT2D eigenvalue weighted by Gasteiger charge is 2.27. The fraction of sp³-hybridized carbons (Fsp3) is 0.412. The van der Waals surface area contributed by atoms with E-state index in [1.807, 2.05) is 17.1 Å².